The van der Waals surface area contributed by atoms with Crippen LogP contribution in [0.5, 0.6) is 0 Å². The normalized spacial score (nSPS) is 14.4. The number of alkyl halides is 6. The minimum atomic E-state index is -4.45. The molecule has 0 aliphatic carbocycles. The van der Waals surface area contributed by atoms with Crippen molar-refractivity contribution in [1.82, 2.24) is 19.6 Å². The molecule has 17 heteroatoms. The van der Waals surface area contributed by atoms with E-state index in [1.807, 2.05) is 75.6 Å². The number of hydrogen-bond acceptors (Lipinski definition) is 8. The first kappa shape index (κ1) is 67.1. The van der Waals surface area contributed by atoms with Crippen molar-refractivity contribution in [2.45, 2.75) is 93.2 Å². The van der Waals surface area contributed by atoms with Crippen LogP contribution in [0.1, 0.15) is 117 Å². The summed E-state index contributed by atoms with van der Waals surface area (Å²) >= 11 is 0. The molecule has 6 aromatic rings. The number of rotatable bonds is 17. The smallest absolute Gasteiger partial charge is 0.369 e. The van der Waals surface area contributed by atoms with Crippen LogP contribution >= 0.6 is 0 Å². The number of carbonyl (C=O) groups is 3. The summed E-state index contributed by atoms with van der Waals surface area (Å²) in [7, 11) is 8.26. The van der Waals surface area contributed by atoms with E-state index in [0.717, 1.165) is 142 Å². The summed E-state index contributed by atoms with van der Waals surface area (Å²) in [5.74, 6) is 0.522. The minimum Gasteiger partial charge on any atom is -0.369 e. The number of halogens is 6. The molecule has 0 unspecified atom stereocenters. The number of anilines is 4. The molecule has 0 spiro atoms. The Hall–Kier alpha value is -7.05. The zero-order valence-electron chi connectivity index (χ0n) is 51.3. The summed E-state index contributed by atoms with van der Waals surface area (Å²) in [6, 6.07) is 34.5. The first-order chi connectivity index (χ1) is 40.1. The zero-order valence-corrected chi connectivity index (χ0v) is 51.3. The maximum absolute atomic E-state index is 12.9. The molecule has 2 fully saturated rings. The van der Waals surface area contributed by atoms with E-state index in [2.05, 4.69) is 108 Å². The number of nitrogens with zero attached hydrogens (tertiary/aromatic N) is 5. The largest absolute Gasteiger partial charge is 0.416 e. The van der Waals surface area contributed by atoms with E-state index >= 15 is 0 Å². The molecule has 6 aromatic carbocycles. The first-order valence-corrected chi connectivity index (χ1v) is 29.3. The van der Waals surface area contributed by atoms with Crippen LogP contribution in [0.2, 0.25) is 0 Å². The molecule has 8 rings (SSSR count). The van der Waals surface area contributed by atoms with Gasteiger partial charge in [-0.2, -0.15) is 26.3 Å². The van der Waals surface area contributed by atoms with Crippen molar-refractivity contribution in [3.63, 3.8) is 0 Å². The summed E-state index contributed by atoms with van der Waals surface area (Å²) in [6.45, 7) is 24.9. The van der Waals surface area contributed by atoms with E-state index in [-0.39, 0.29) is 17.3 Å². The number of carbonyl (C=O) groups excluding carboxylic acids is 3. The number of piperazine rings is 2. The van der Waals surface area contributed by atoms with Crippen LogP contribution in [0.3, 0.4) is 0 Å². The van der Waals surface area contributed by atoms with Crippen molar-refractivity contribution in [1.29, 1.82) is 0 Å². The predicted octanol–water partition coefficient (Wildman–Crippen LogP) is 14.3. The van der Waals surface area contributed by atoms with Crippen LogP contribution in [0.25, 0.3) is 0 Å². The molecule has 0 radical (unpaired) electrons. The van der Waals surface area contributed by atoms with Crippen LogP contribution in [0, 0.1) is 24.7 Å². The lowest BCUT2D eigenvalue weighted by atomic mass is 9.95. The van der Waals surface area contributed by atoms with E-state index in [1.54, 1.807) is 12.1 Å². The minimum absolute atomic E-state index is 0.0458. The van der Waals surface area contributed by atoms with Crippen LogP contribution < -0.4 is 20.9 Å². The molecule has 2 saturated heterocycles. The summed E-state index contributed by atoms with van der Waals surface area (Å²) < 4.78 is 77.3. The number of nitrogens with one attached hydrogen (secondary N) is 3. The molecular weight excluding hydrogens is 1090 g/mol. The van der Waals surface area contributed by atoms with Gasteiger partial charge in [-0.05, 0) is 197 Å². The molecular formula is C68H86F6N8O3. The Morgan fingerprint density at radius 1 is 0.471 bits per heavy atom. The fourth-order valence-electron chi connectivity index (χ4n) is 10.3. The van der Waals surface area contributed by atoms with E-state index in [1.165, 1.54) is 41.1 Å². The third-order valence-electron chi connectivity index (χ3n) is 14.7. The molecule has 3 amide bonds. The highest BCUT2D eigenvalue weighted by Gasteiger charge is 2.32. The standard InChI is InChI=1S/C24H30F3N3O.C23H31N3O.C21H25F3N2O/c1-17(2)13-20-14-18(7-8-19(20)16-30-11-9-29(3)10-12-30)23(31)28-22-6-4-5-21(15-22)24(25,26)27;1-17(2)14-20-16-19(23(27)24-21-7-5-6-18(3)15-21)8-9-22(20)26-12-10-25(4)11-13-26;1-14(2)10-17-11-15(8-9-16(17)13-26(3)4)20(27)25-19-7-5-6-18(12-19)21(22,23)24/h4-8,14-15,17H,9-13,16H2,1-3H3,(H,28,31);5-9,15-17H,10-14H2,1-4H3,(H,24,27);5-9,11-12,14H,10,13H2,1-4H3,(H,25,27). The molecule has 0 saturated carbocycles. The van der Waals surface area contributed by atoms with Crippen molar-refractivity contribution in [2.75, 3.05) is 101 Å². The molecule has 0 bridgehead atoms. The van der Waals surface area contributed by atoms with Crippen LogP contribution in [0.15, 0.2) is 127 Å². The topological polar surface area (TPSA) is 104 Å². The third kappa shape index (κ3) is 21.5. The quantitative estimate of drug-likeness (QED) is 0.0776. The average molecular weight is 1180 g/mol. The van der Waals surface area contributed by atoms with Crippen LogP contribution in [0.4, 0.5) is 49.1 Å². The Bertz CT molecular complexity index is 3160. The van der Waals surface area contributed by atoms with E-state index in [4.69, 9.17) is 0 Å². The van der Waals surface area contributed by atoms with Crippen molar-refractivity contribution >= 4 is 40.5 Å². The molecule has 85 heavy (non-hydrogen) atoms. The van der Waals surface area contributed by atoms with Gasteiger partial charge in [-0.3, -0.25) is 19.3 Å². The second-order valence-corrected chi connectivity index (χ2v) is 24.1. The van der Waals surface area contributed by atoms with E-state index in [9.17, 15) is 40.7 Å². The molecule has 458 valence electrons. The van der Waals surface area contributed by atoms with Crippen molar-refractivity contribution in [3.05, 3.63) is 189 Å². The van der Waals surface area contributed by atoms with Gasteiger partial charge in [0.15, 0.2) is 0 Å². The molecule has 0 aromatic heterocycles. The lowest BCUT2D eigenvalue weighted by Crippen LogP contribution is -2.44. The lowest BCUT2D eigenvalue weighted by Gasteiger charge is -2.35. The van der Waals surface area contributed by atoms with Gasteiger partial charge in [-0.15, -0.1) is 0 Å². The highest BCUT2D eigenvalue weighted by molar-refractivity contribution is 6.06. The lowest BCUT2D eigenvalue weighted by molar-refractivity contribution is -0.138. The van der Waals surface area contributed by atoms with Crippen LogP contribution in [-0.4, -0.2) is 118 Å². The molecule has 11 nitrogen and oxygen atoms in total. The number of benzene rings is 6. The monoisotopic (exact) mass is 1180 g/mol. The van der Waals surface area contributed by atoms with Gasteiger partial charge in [0.1, 0.15) is 0 Å². The van der Waals surface area contributed by atoms with Crippen molar-refractivity contribution in [2.24, 2.45) is 17.8 Å². The second kappa shape index (κ2) is 30.9. The maximum Gasteiger partial charge on any atom is 0.416 e. The second-order valence-electron chi connectivity index (χ2n) is 24.1. The summed E-state index contributed by atoms with van der Waals surface area (Å²) in [5.41, 5.74) is 9.37. The molecule has 3 N–H and O–H groups in total. The number of likely N-dealkylation sites (N-methyl/N-ethyl adjacent to an activating group) is 2. The maximum atomic E-state index is 12.9. The fourth-order valence-corrected chi connectivity index (χ4v) is 10.3. The number of aryl methyl sites for hydroxylation is 1. The Balaban J connectivity index is 0.000000205. The van der Waals surface area contributed by atoms with Gasteiger partial charge in [-0.25, -0.2) is 0 Å². The van der Waals surface area contributed by atoms with Gasteiger partial charge in [0.2, 0.25) is 0 Å². The van der Waals surface area contributed by atoms with Crippen molar-refractivity contribution < 1.29 is 40.7 Å². The van der Waals surface area contributed by atoms with Gasteiger partial charge >= 0.3 is 12.4 Å². The number of hydrogen-bond donors (Lipinski definition) is 3. The number of amides is 3. The molecule has 2 aliphatic rings. The Morgan fingerprint density at radius 3 is 1.29 bits per heavy atom. The summed E-state index contributed by atoms with van der Waals surface area (Å²) in [5, 5.41) is 8.19. The van der Waals surface area contributed by atoms with Gasteiger partial charge in [-0.1, -0.05) is 77.9 Å². The predicted molar refractivity (Wildman–Crippen MR) is 333 cm³/mol. The van der Waals surface area contributed by atoms with Crippen LogP contribution in [-0.2, 0) is 44.7 Å². The first-order valence-electron chi connectivity index (χ1n) is 29.3. The summed E-state index contributed by atoms with van der Waals surface area (Å²) in [6.07, 6.45) is -6.25. The highest BCUT2D eigenvalue weighted by atomic mass is 19.4. The van der Waals surface area contributed by atoms with Gasteiger partial charge in [0, 0.05) is 105 Å². The summed E-state index contributed by atoms with van der Waals surface area (Å²) in [4.78, 5) is 49.7. The molecule has 0 atom stereocenters. The SMILES string of the molecule is CC(C)Cc1cc(C(=O)Nc2cccc(C(F)(F)F)c2)ccc1CN(C)C.CC(C)Cc1cc(C(=O)Nc2cccc(C(F)(F)F)c2)ccc1CN1CCN(C)CC1.Cc1cccc(NC(=O)c2ccc(N3CCN(C)CC3)c(CC(C)C)c2)c1. The fraction of sp³-hybridized carbons (Fsp3) is 0.426. The zero-order chi connectivity index (χ0) is 62.2. The average Bonchev–Trinajstić information content (AvgIpc) is 3.31. The van der Waals surface area contributed by atoms with E-state index in [0.29, 0.717) is 28.9 Å². The molecule has 2 aliphatic heterocycles. The highest BCUT2D eigenvalue weighted by Crippen LogP contribution is 2.33. The van der Waals surface area contributed by atoms with Gasteiger partial charge in [0.25, 0.3) is 17.7 Å². The molecule has 2 heterocycles. The Morgan fingerprint density at radius 2 is 0.859 bits per heavy atom. The van der Waals surface area contributed by atoms with Crippen molar-refractivity contribution in [3.8, 4) is 0 Å². The Labute approximate surface area is 499 Å². The van der Waals surface area contributed by atoms with Gasteiger partial charge in [0.05, 0.1) is 11.1 Å². The van der Waals surface area contributed by atoms with Gasteiger partial charge < -0.3 is 35.6 Å². The third-order valence-corrected chi connectivity index (χ3v) is 14.7. The Kier molecular flexibility index (Phi) is 24.3. The van der Waals surface area contributed by atoms with E-state index < -0.39 is 35.3 Å².